The first-order valence-electron chi connectivity index (χ1n) is 12.6. The van der Waals surface area contributed by atoms with Gasteiger partial charge in [0.25, 0.3) is 0 Å². The molecule has 2 heterocycles. The maximum atomic E-state index is 13.0. The molecule has 2 aliphatic heterocycles. The molecule has 34 heavy (non-hydrogen) atoms. The molecule has 0 amide bonds. The summed E-state index contributed by atoms with van der Waals surface area (Å²) >= 11 is 0. The summed E-state index contributed by atoms with van der Waals surface area (Å²) in [6.07, 6.45) is 9.78. The second kappa shape index (κ2) is 10.4. The monoisotopic (exact) mass is 463 g/mol. The predicted octanol–water partition coefficient (Wildman–Crippen LogP) is 4.17. The smallest absolute Gasteiger partial charge is 0.331 e. The molecular weight excluding hydrogens is 426 g/mol. The Bertz CT molecular complexity index is 968. The van der Waals surface area contributed by atoms with E-state index >= 15 is 0 Å². The van der Waals surface area contributed by atoms with Crippen LogP contribution >= 0.6 is 0 Å². The first-order valence-corrected chi connectivity index (χ1v) is 12.6. The van der Waals surface area contributed by atoms with Gasteiger partial charge in [0, 0.05) is 36.9 Å². The van der Waals surface area contributed by atoms with Crippen molar-refractivity contribution in [3.05, 3.63) is 72.4 Å². The number of ether oxygens (including phenoxy) is 1. The highest BCUT2D eigenvalue weighted by Crippen LogP contribution is 2.51. The van der Waals surface area contributed by atoms with Gasteiger partial charge in [-0.1, -0.05) is 62.9 Å². The molecule has 0 bridgehead atoms. The van der Waals surface area contributed by atoms with Crippen LogP contribution in [0.3, 0.4) is 0 Å². The van der Waals surface area contributed by atoms with Crippen LogP contribution in [0, 0.1) is 23.7 Å². The van der Waals surface area contributed by atoms with Gasteiger partial charge >= 0.3 is 5.97 Å². The summed E-state index contributed by atoms with van der Waals surface area (Å²) in [5.74, 6) is -0.662. The van der Waals surface area contributed by atoms with E-state index in [-0.39, 0.29) is 23.7 Å². The number of nitrogens with one attached hydrogen (secondary N) is 1. The van der Waals surface area contributed by atoms with Crippen LogP contribution in [-0.4, -0.2) is 41.2 Å². The van der Waals surface area contributed by atoms with E-state index in [1.807, 2.05) is 24.3 Å². The highest BCUT2D eigenvalue weighted by atomic mass is 16.6. The lowest BCUT2D eigenvalue weighted by atomic mass is 9.60. The van der Waals surface area contributed by atoms with Gasteiger partial charge < -0.3 is 15.2 Å². The van der Waals surface area contributed by atoms with Gasteiger partial charge in [-0.05, 0) is 54.7 Å². The molecule has 5 heteroatoms. The third-order valence-electron chi connectivity index (χ3n) is 8.04. The van der Waals surface area contributed by atoms with Crippen molar-refractivity contribution in [1.29, 1.82) is 0 Å². The molecule has 2 fully saturated rings. The third-order valence-corrected chi connectivity index (χ3v) is 8.04. The summed E-state index contributed by atoms with van der Waals surface area (Å²) in [6.45, 7) is 8.96. The maximum absolute atomic E-state index is 13.0. The van der Waals surface area contributed by atoms with Gasteiger partial charge in [0.2, 0.25) is 0 Å². The Morgan fingerprint density at radius 3 is 2.71 bits per heavy atom. The normalized spacial score (nSPS) is 38.9. The van der Waals surface area contributed by atoms with E-state index in [0.29, 0.717) is 18.9 Å². The second-order valence-corrected chi connectivity index (χ2v) is 10.4. The van der Waals surface area contributed by atoms with Crippen molar-refractivity contribution in [1.82, 2.24) is 5.32 Å². The van der Waals surface area contributed by atoms with Crippen molar-refractivity contribution in [2.24, 2.45) is 23.7 Å². The summed E-state index contributed by atoms with van der Waals surface area (Å²) in [4.78, 5) is 25.2. The largest absolute Gasteiger partial charge is 0.453 e. The zero-order chi connectivity index (χ0) is 24.3. The summed E-state index contributed by atoms with van der Waals surface area (Å²) < 4.78 is 6.25. The van der Waals surface area contributed by atoms with E-state index in [4.69, 9.17) is 4.74 Å². The van der Waals surface area contributed by atoms with Crippen LogP contribution in [0.1, 0.15) is 45.1 Å². The lowest BCUT2D eigenvalue weighted by Crippen LogP contribution is -2.59. The Labute approximate surface area is 203 Å². The van der Waals surface area contributed by atoms with Crippen LogP contribution in [0.4, 0.5) is 0 Å². The van der Waals surface area contributed by atoms with Crippen LogP contribution in [0.25, 0.3) is 0 Å². The highest BCUT2D eigenvalue weighted by molar-refractivity contribution is 5.95. The summed E-state index contributed by atoms with van der Waals surface area (Å²) in [5.41, 5.74) is 1.07. The molecule has 0 radical (unpaired) electrons. The minimum Gasteiger partial charge on any atom is -0.453 e. The number of allylic oxidation sites excluding steroid dienone is 2. The lowest BCUT2D eigenvalue weighted by molar-refractivity contribution is -0.173. The minimum absolute atomic E-state index is 0.0421. The average Bonchev–Trinajstić information content (AvgIpc) is 3.17. The van der Waals surface area contributed by atoms with Gasteiger partial charge in [0.1, 0.15) is 5.60 Å². The first-order chi connectivity index (χ1) is 16.3. The molecule has 1 spiro atoms. The fourth-order valence-electron chi connectivity index (χ4n) is 6.16. The quantitative estimate of drug-likeness (QED) is 0.509. The molecule has 0 aromatic heterocycles. The van der Waals surface area contributed by atoms with E-state index in [0.717, 1.165) is 31.3 Å². The Hall–Kier alpha value is -2.50. The van der Waals surface area contributed by atoms with Crippen molar-refractivity contribution in [2.75, 3.05) is 6.54 Å². The van der Waals surface area contributed by atoms with E-state index < -0.39 is 23.6 Å². The number of carbonyl (C=O) groups is 2. The summed E-state index contributed by atoms with van der Waals surface area (Å²) in [5, 5.41) is 14.9. The molecular formula is C29H37NO4. The zero-order valence-electron chi connectivity index (χ0n) is 20.3. The molecule has 1 saturated heterocycles. The van der Waals surface area contributed by atoms with Gasteiger partial charge in [-0.2, -0.15) is 0 Å². The molecule has 4 rings (SSSR count). The number of benzene rings is 1. The summed E-state index contributed by atoms with van der Waals surface area (Å²) in [6, 6.07) is 10.3. The van der Waals surface area contributed by atoms with Gasteiger partial charge in [-0.3, -0.25) is 4.79 Å². The standard InChI is InChI=1S/C29H37NO4/c1-19-9-7-13-23(31)15-16-26(32)34-29-18-30-25(17-22-11-5-4-6-12-22)27(29)20(2)21(3)28(33)24(29)14-8-10-19/h4-6,8,11-12,14-16,19-20,24-25,27-28,30,33H,3,7,9-10,13,17-18H2,1-2H3/b14-8+,16-15+/t19-,20-,24?,25?,27?,28?,29-/m1/s1. The number of aliphatic hydroxyl groups is 1. The number of hydrogen-bond donors (Lipinski definition) is 2. The summed E-state index contributed by atoms with van der Waals surface area (Å²) in [7, 11) is 0. The number of rotatable bonds is 2. The Morgan fingerprint density at radius 1 is 1.18 bits per heavy atom. The van der Waals surface area contributed by atoms with Crippen molar-refractivity contribution in [3.63, 3.8) is 0 Å². The van der Waals surface area contributed by atoms with Crippen LogP contribution in [0.15, 0.2) is 66.8 Å². The van der Waals surface area contributed by atoms with Crippen molar-refractivity contribution < 1.29 is 19.4 Å². The molecule has 7 atom stereocenters. The minimum atomic E-state index is -0.923. The average molecular weight is 464 g/mol. The fraction of sp³-hybridized carbons (Fsp3) is 0.517. The third kappa shape index (κ3) is 4.96. The molecule has 4 unspecified atom stereocenters. The Morgan fingerprint density at radius 2 is 1.94 bits per heavy atom. The Kier molecular flexibility index (Phi) is 7.54. The Balaban J connectivity index is 1.73. The molecule has 5 nitrogen and oxygen atoms in total. The maximum Gasteiger partial charge on any atom is 0.331 e. The van der Waals surface area contributed by atoms with Gasteiger partial charge in [0.15, 0.2) is 5.78 Å². The van der Waals surface area contributed by atoms with Crippen LogP contribution in [0.5, 0.6) is 0 Å². The van der Waals surface area contributed by atoms with E-state index in [9.17, 15) is 14.7 Å². The van der Waals surface area contributed by atoms with Crippen molar-refractivity contribution in [2.45, 2.75) is 63.7 Å². The number of aliphatic hydroxyl groups excluding tert-OH is 1. The lowest BCUT2D eigenvalue weighted by Gasteiger charge is -2.50. The van der Waals surface area contributed by atoms with Gasteiger partial charge in [-0.25, -0.2) is 4.79 Å². The van der Waals surface area contributed by atoms with E-state index in [1.54, 1.807) is 0 Å². The number of ketones is 1. The number of carbonyl (C=O) groups excluding carboxylic acids is 2. The van der Waals surface area contributed by atoms with Crippen LogP contribution in [0.2, 0.25) is 0 Å². The molecule has 182 valence electrons. The zero-order valence-corrected chi connectivity index (χ0v) is 20.3. The van der Waals surface area contributed by atoms with E-state index in [1.165, 1.54) is 17.7 Å². The first kappa shape index (κ1) is 24.6. The predicted molar refractivity (Wildman–Crippen MR) is 133 cm³/mol. The SMILES string of the molecule is C=C1C(O)C2/C=C/C[C@H](C)CCCC(=O)/C=C/C(=O)O[C@]23CNC(Cc2ccccc2)C3[C@@H]1C. The molecule has 1 saturated carbocycles. The van der Waals surface area contributed by atoms with Crippen molar-refractivity contribution in [3.8, 4) is 0 Å². The van der Waals surface area contributed by atoms with Crippen LogP contribution in [-0.2, 0) is 20.7 Å². The molecule has 1 aromatic rings. The second-order valence-electron chi connectivity index (χ2n) is 10.4. The number of esters is 1. The fourth-order valence-corrected chi connectivity index (χ4v) is 6.16. The van der Waals surface area contributed by atoms with Gasteiger partial charge in [0.05, 0.1) is 6.10 Å². The number of hydrogen-bond acceptors (Lipinski definition) is 5. The van der Waals surface area contributed by atoms with Crippen molar-refractivity contribution >= 4 is 11.8 Å². The topological polar surface area (TPSA) is 75.6 Å². The molecule has 2 N–H and O–H groups in total. The molecule has 3 aliphatic rings. The highest BCUT2D eigenvalue weighted by Gasteiger charge is 2.62. The molecule has 1 aromatic carbocycles. The molecule has 1 aliphatic carbocycles. The van der Waals surface area contributed by atoms with Gasteiger partial charge in [-0.15, -0.1) is 0 Å². The van der Waals surface area contributed by atoms with E-state index in [2.05, 4.69) is 44.0 Å². The van der Waals surface area contributed by atoms with Crippen LogP contribution < -0.4 is 5.32 Å².